The lowest BCUT2D eigenvalue weighted by atomic mass is 10.00. The van der Waals surface area contributed by atoms with Gasteiger partial charge in [-0.15, -0.1) is 0 Å². The van der Waals surface area contributed by atoms with Crippen LogP contribution in [0.5, 0.6) is 11.5 Å². The molecule has 1 aliphatic rings. The van der Waals surface area contributed by atoms with E-state index in [1.165, 1.54) is 61.5 Å². The highest BCUT2D eigenvalue weighted by atomic mass is 16.6. The normalized spacial score (nSPS) is 15.9. The molecule has 4 rings (SSSR count). The number of benzene rings is 3. The zero-order valence-electron chi connectivity index (χ0n) is 26.6. The summed E-state index contributed by atoms with van der Waals surface area (Å²) in [5.41, 5.74) is 2.84. The van der Waals surface area contributed by atoms with Gasteiger partial charge in [0.15, 0.2) is 0 Å². The Labute approximate surface area is 266 Å². The van der Waals surface area contributed by atoms with Crippen molar-refractivity contribution in [3.05, 3.63) is 105 Å². The maximum Gasteiger partial charge on any atom is 0.265 e. The van der Waals surface area contributed by atoms with E-state index in [9.17, 15) is 20.0 Å². The molecule has 8 heteroatoms. The van der Waals surface area contributed by atoms with Crippen LogP contribution in [-0.4, -0.2) is 34.9 Å². The Morgan fingerprint density at radius 2 is 1.76 bits per heavy atom. The molecule has 240 valence electrons. The first-order chi connectivity index (χ1) is 21.8. The number of fused-ring (bicyclic) bond motifs is 1. The number of rotatable bonds is 18. The number of nitrogens with one attached hydrogen (secondary N) is 1. The zero-order chi connectivity index (χ0) is 32.1. The smallest absolute Gasteiger partial charge is 0.265 e. The molecule has 0 aromatic heterocycles. The number of nitrogens with zero attached hydrogens (tertiary/aromatic N) is 1. The zero-order valence-corrected chi connectivity index (χ0v) is 26.6. The van der Waals surface area contributed by atoms with Crippen LogP contribution in [0.15, 0.2) is 78.5 Å². The van der Waals surface area contributed by atoms with Crippen LogP contribution in [0.4, 0.5) is 0 Å². The SMILES string of the molecule is CCCCCc1ccc(OCCCCNC(=O)c2ccc3ccccc3c2OC2(O)C=CC([N+](=O)[O-])=CC2)c(CCCCC)c1. The van der Waals surface area contributed by atoms with E-state index in [0.717, 1.165) is 43.2 Å². The van der Waals surface area contributed by atoms with E-state index in [-0.39, 0.29) is 29.3 Å². The third kappa shape index (κ3) is 9.66. The number of carbonyl (C=O) groups is 1. The number of hydrogen-bond acceptors (Lipinski definition) is 6. The van der Waals surface area contributed by atoms with Gasteiger partial charge < -0.3 is 19.9 Å². The topological polar surface area (TPSA) is 111 Å². The summed E-state index contributed by atoms with van der Waals surface area (Å²) in [5, 5.41) is 26.7. The highest BCUT2D eigenvalue weighted by molar-refractivity contribution is 6.03. The summed E-state index contributed by atoms with van der Waals surface area (Å²) in [6.45, 7) is 5.46. The fourth-order valence-corrected chi connectivity index (χ4v) is 5.50. The first-order valence-electron chi connectivity index (χ1n) is 16.3. The maximum atomic E-state index is 13.3. The highest BCUT2D eigenvalue weighted by Gasteiger charge is 2.32. The number of aliphatic hydroxyl groups is 1. The van der Waals surface area contributed by atoms with E-state index in [1.54, 1.807) is 6.07 Å². The molecule has 8 nitrogen and oxygen atoms in total. The Balaban J connectivity index is 1.34. The van der Waals surface area contributed by atoms with Crippen molar-refractivity contribution < 1.29 is 24.3 Å². The van der Waals surface area contributed by atoms with Crippen molar-refractivity contribution in [1.29, 1.82) is 0 Å². The van der Waals surface area contributed by atoms with Crippen LogP contribution >= 0.6 is 0 Å². The lowest BCUT2D eigenvalue weighted by Crippen LogP contribution is -2.36. The maximum absolute atomic E-state index is 13.3. The first-order valence-corrected chi connectivity index (χ1v) is 16.3. The quantitative estimate of drug-likeness (QED) is 0.0649. The average molecular weight is 615 g/mol. The summed E-state index contributed by atoms with van der Waals surface area (Å²) in [6, 6.07) is 17.6. The molecule has 0 fully saturated rings. The second kappa shape index (κ2) is 16.8. The molecule has 2 N–H and O–H groups in total. The lowest BCUT2D eigenvalue weighted by Gasteiger charge is -2.28. The van der Waals surface area contributed by atoms with Crippen molar-refractivity contribution in [1.82, 2.24) is 5.32 Å². The van der Waals surface area contributed by atoms with Crippen molar-refractivity contribution in [2.75, 3.05) is 13.2 Å². The molecule has 3 aromatic rings. The molecule has 3 aromatic carbocycles. The molecule has 0 heterocycles. The fraction of sp³-hybridized carbons (Fsp3) is 0.432. The van der Waals surface area contributed by atoms with Gasteiger partial charge in [0.1, 0.15) is 11.5 Å². The monoisotopic (exact) mass is 614 g/mol. The summed E-state index contributed by atoms with van der Waals surface area (Å²) in [6.07, 6.45) is 14.5. The number of hydrogen-bond donors (Lipinski definition) is 2. The van der Waals surface area contributed by atoms with Crippen molar-refractivity contribution in [3.63, 3.8) is 0 Å². The van der Waals surface area contributed by atoms with E-state index in [0.29, 0.717) is 18.5 Å². The molecule has 0 bridgehead atoms. The van der Waals surface area contributed by atoms with Crippen molar-refractivity contribution in [2.45, 2.75) is 90.3 Å². The summed E-state index contributed by atoms with van der Waals surface area (Å²) in [5.74, 6) is -0.951. The number of amides is 1. The molecule has 0 saturated carbocycles. The number of allylic oxidation sites excluding steroid dienone is 1. The minimum absolute atomic E-state index is 0.115. The standard InChI is InChI=1S/C37H46N2O6/c1-3-5-7-13-28-17-20-34(30(27-28)15-8-6-4-2)44-26-12-11-25-38-36(40)33-19-18-29-14-9-10-16-32(29)35(33)45-37(41)23-21-31(22-24-37)39(42)43/h9-10,14,16-23,27,41H,3-8,11-13,15,24-26H2,1-2H3,(H,38,40). The summed E-state index contributed by atoms with van der Waals surface area (Å²) in [7, 11) is 0. The third-order valence-electron chi connectivity index (χ3n) is 8.09. The number of ether oxygens (including phenoxy) is 2. The van der Waals surface area contributed by atoms with Gasteiger partial charge >= 0.3 is 0 Å². The van der Waals surface area contributed by atoms with Crippen LogP contribution < -0.4 is 14.8 Å². The van der Waals surface area contributed by atoms with E-state index in [1.807, 2.05) is 30.3 Å². The number of nitro groups is 1. The Morgan fingerprint density at radius 3 is 2.49 bits per heavy atom. The summed E-state index contributed by atoms with van der Waals surface area (Å²) < 4.78 is 12.2. The van der Waals surface area contributed by atoms with Crippen LogP contribution in [0.3, 0.4) is 0 Å². The van der Waals surface area contributed by atoms with Crippen molar-refractivity contribution in [2.24, 2.45) is 0 Å². The van der Waals surface area contributed by atoms with Gasteiger partial charge in [0.05, 0.1) is 17.1 Å². The molecule has 1 aliphatic carbocycles. The highest BCUT2D eigenvalue weighted by Crippen LogP contribution is 2.35. The molecule has 0 saturated heterocycles. The van der Waals surface area contributed by atoms with Gasteiger partial charge in [-0.25, -0.2) is 0 Å². The van der Waals surface area contributed by atoms with Gasteiger partial charge in [-0.05, 0) is 73.2 Å². The first kappa shape index (κ1) is 33.7. The molecule has 1 amide bonds. The fourth-order valence-electron chi connectivity index (χ4n) is 5.50. The molecular weight excluding hydrogens is 568 g/mol. The van der Waals surface area contributed by atoms with E-state index in [2.05, 4.69) is 37.4 Å². The molecule has 0 spiro atoms. The minimum atomic E-state index is -1.82. The van der Waals surface area contributed by atoms with E-state index in [4.69, 9.17) is 9.47 Å². The van der Waals surface area contributed by atoms with E-state index >= 15 is 0 Å². The van der Waals surface area contributed by atoms with Gasteiger partial charge in [-0.2, -0.15) is 0 Å². The largest absolute Gasteiger partial charge is 0.493 e. The van der Waals surface area contributed by atoms with Crippen LogP contribution in [0.1, 0.15) is 93.1 Å². The number of carbonyl (C=O) groups excluding carboxylic acids is 1. The van der Waals surface area contributed by atoms with Crippen molar-refractivity contribution >= 4 is 16.7 Å². The molecule has 1 unspecified atom stereocenters. The predicted molar refractivity (Wildman–Crippen MR) is 178 cm³/mol. The van der Waals surface area contributed by atoms with Crippen LogP contribution in [0.2, 0.25) is 0 Å². The Hall–Kier alpha value is -4.17. The molecule has 0 radical (unpaired) electrons. The van der Waals surface area contributed by atoms with Gasteiger partial charge in [-0.3, -0.25) is 14.9 Å². The lowest BCUT2D eigenvalue weighted by molar-refractivity contribution is -0.420. The summed E-state index contributed by atoms with van der Waals surface area (Å²) >= 11 is 0. The van der Waals surface area contributed by atoms with Crippen LogP contribution in [0.25, 0.3) is 10.8 Å². The Morgan fingerprint density at radius 1 is 0.978 bits per heavy atom. The third-order valence-corrected chi connectivity index (χ3v) is 8.09. The summed E-state index contributed by atoms with van der Waals surface area (Å²) in [4.78, 5) is 23.9. The van der Waals surface area contributed by atoms with Crippen LogP contribution in [0, 0.1) is 10.1 Å². The van der Waals surface area contributed by atoms with Gasteiger partial charge in [0, 0.05) is 30.5 Å². The predicted octanol–water partition coefficient (Wildman–Crippen LogP) is 8.08. The Kier molecular flexibility index (Phi) is 12.6. The minimum Gasteiger partial charge on any atom is -0.493 e. The average Bonchev–Trinajstić information content (AvgIpc) is 3.04. The second-order valence-electron chi connectivity index (χ2n) is 11.7. The molecule has 0 aliphatic heterocycles. The second-order valence-corrected chi connectivity index (χ2v) is 11.7. The van der Waals surface area contributed by atoms with Crippen molar-refractivity contribution in [3.8, 4) is 11.5 Å². The van der Waals surface area contributed by atoms with E-state index < -0.39 is 10.7 Å². The number of aryl methyl sites for hydroxylation is 2. The van der Waals surface area contributed by atoms with Crippen LogP contribution in [-0.2, 0) is 12.8 Å². The number of unbranched alkanes of at least 4 members (excludes halogenated alkanes) is 5. The molecule has 1 atom stereocenters. The van der Waals surface area contributed by atoms with Gasteiger partial charge in [-0.1, -0.05) is 82.0 Å². The molecular formula is C37H46N2O6. The Bertz CT molecular complexity index is 1510. The molecule has 45 heavy (non-hydrogen) atoms. The van der Waals surface area contributed by atoms with Gasteiger partial charge in [0.2, 0.25) is 5.79 Å². The van der Waals surface area contributed by atoms with Gasteiger partial charge in [0.25, 0.3) is 11.6 Å².